The second-order valence-corrected chi connectivity index (χ2v) is 7.11. The van der Waals surface area contributed by atoms with Crippen molar-refractivity contribution in [2.75, 3.05) is 18.0 Å². The minimum Gasteiger partial charge on any atom is -0.351 e. The van der Waals surface area contributed by atoms with Crippen molar-refractivity contribution in [1.82, 2.24) is 9.97 Å². The zero-order valence-electron chi connectivity index (χ0n) is 13.6. The van der Waals surface area contributed by atoms with Gasteiger partial charge in [0.1, 0.15) is 5.82 Å². The third-order valence-corrected chi connectivity index (χ3v) is 5.13. The molecule has 0 amide bonds. The van der Waals surface area contributed by atoms with Crippen molar-refractivity contribution >= 4 is 17.4 Å². The molecule has 1 saturated heterocycles. The van der Waals surface area contributed by atoms with Crippen molar-refractivity contribution in [3.8, 4) is 0 Å². The number of nitrogens with two attached hydrogens (primary N) is 1. The number of anilines is 1. The highest BCUT2D eigenvalue weighted by Crippen LogP contribution is 2.42. The Labute approximate surface area is 152 Å². The first kappa shape index (κ1) is 17.5. The Bertz CT molecular complexity index is 866. The second kappa shape index (κ2) is 6.06. The smallest absolute Gasteiger partial charge is 0.224 e. The molecule has 2 unspecified atom stereocenters. The van der Waals surface area contributed by atoms with E-state index in [1.165, 1.54) is 0 Å². The average Bonchev–Trinajstić information content (AvgIpc) is 3.14. The number of fused-ring (bicyclic) bond motifs is 1. The molecule has 1 aromatic carbocycles. The van der Waals surface area contributed by atoms with E-state index in [9.17, 15) is 17.6 Å². The molecule has 9 heteroatoms. The SMILES string of the molecule is NC1(F)CCN(c2nc(Cl)nc3c2CCC3c2cc(F)c(F)c(F)c2)C1. The fraction of sp³-hybridized carbons (Fsp3) is 0.412. The number of alkyl halides is 1. The van der Waals surface area contributed by atoms with Gasteiger partial charge >= 0.3 is 0 Å². The standard InChI is InChI=1S/C17H15ClF4N4/c18-16-24-14-9(8-5-11(19)13(21)12(20)6-8)1-2-10(14)15(25-16)26-4-3-17(22,23)7-26/h5-6,9H,1-4,7,23H2. The van der Waals surface area contributed by atoms with Crippen molar-refractivity contribution in [1.29, 1.82) is 0 Å². The van der Waals surface area contributed by atoms with Crippen LogP contribution in [0.2, 0.25) is 5.28 Å². The topological polar surface area (TPSA) is 55.0 Å². The van der Waals surface area contributed by atoms with Gasteiger partial charge in [0, 0.05) is 24.4 Å². The molecule has 138 valence electrons. The van der Waals surface area contributed by atoms with Gasteiger partial charge < -0.3 is 4.90 Å². The highest BCUT2D eigenvalue weighted by Gasteiger charge is 2.38. The van der Waals surface area contributed by atoms with Gasteiger partial charge in [-0.2, -0.15) is 0 Å². The first-order valence-electron chi connectivity index (χ1n) is 8.19. The fourth-order valence-corrected chi connectivity index (χ4v) is 3.93. The Hall–Kier alpha value is -1.93. The number of nitrogens with zero attached hydrogens (tertiary/aromatic N) is 3. The molecular weight excluding hydrogens is 372 g/mol. The van der Waals surface area contributed by atoms with E-state index in [1.54, 1.807) is 4.90 Å². The maximum atomic E-state index is 14.0. The Morgan fingerprint density at radius 3 is 2.50 bits per heavy atom. The highest BCUT2D eigenvalue weighted by atomic mass is 35.5. The van der Waals surface area contributed by atoms with E-state index in [2.05, 4.69) is 9.97 Å². The van der Waals surface area contributed by atoms with E-state index in [-0.39, 0.29) is 23.8 Å². The number of hydrogen-bond donors (Lipinski definition) is 1. The molecule has 26 heavy (non-hydrogen) atoms. The molecule has 1 aromatic heterocycles. The Morgan fingerprint density at radius 2 is 1.88 bits per heavy atom. The molecule has 4 nitrogen and oxygen atoms in total. The zero-order valence-corrected chi connectivity index (χ0v) is 14.3. The molecule has 1 aliphatic carbocycles. The maximum Gasteiger partial charge on any atom is 0.224 e. The van der Waals surface area contributed by atoms with Gasteiger partial charge in [0.05, 0.1) is 12.2 Å². The third-order valence-electron chi connectivity index (χ3n) is 4.96. The lowest BCUT2D eigenvalue weighted by Crippen LogP contribution is -2.38. The summed E-state index contributed by atoms with van der Waals surface area (Å²) >= 11 is 6.04. The average molecular weight is 387 g/mol. The summed E-state index contributed by atoms with van der Waals surface area (Å²) in [6.45, 7) is 0.370. The van der Waals surface area contributed by atoms with Gasteiger partial charge in [0.2, 0.25) is 5.28 Å². The van der Waals surface area contributed by atoms with E-state index in [0.29, 0.717) is 30.9 Å². The van der Waals surface area contributed by atoms with Crippen molar-refractivity contribution in [3.05, 3.63) is 51.7 Å². The Kier molecular flexibility index (Phi) is 4.07. The van der Waals surface area contributed by atoms with Crippen LogP contribution in [-0.4, -0.2) is 28.9 Å². The van der Waals surface area contributed by atoms with Gasteiger partial charge in [-0.15, -0.1) is 0 Å². The van der Waals surface area contributed by atoms with Crippen LogP contribution >= 0.6 is 11.6 Å². The van der Waals surface area contributed by atoms with Crippen LogP contribution in [0, 0.1) is 17.5 Å². The number of halogens is 5. The molecule has 0 spiro atoms. The van der Waals surface area contributed by atoms with Crippen LogP contribution < -0.4 is 10.6 Å². The van der Waals surface area contributed by atoms with Gasteiger partial charge in [-0.1, -0.05) is 0 Å². The van der Waals surface area contributed by atoms with E-state index in [0.717, 1.165) is 17.7 Å². The summed E-state index contributed by atoms with van der Waals surface area (Å²) in [5.41, 5.74) is 7.11. The summed E-state index contributed by atoms with van der Waals surface area (Å²) in [5, 5.41) is -0.0397. The molecule has 1 aliphatic heterocycles. The quantitative estimate of drug-likeness (QED) is 0.372. The molecule has 1 fully saturated rings. The van der Waals surface area contributed by atoms with Gasteiger partial charge in [0.15, 0.2) is 23.2 Å². The third kappa shape index (κ3) is 2.91. The zero-order chi connectivity index (χ0) is 18.6. The van der Waals surface area contributed by atoms with Crippen LogP contribution in [0.1, 0.15) is 35.6 Å². The monoisotopic (exact) mass is 386 g/mol. The molecule has 2 aliphatic rings. The van der Waals surface area contributed by atoms with Crippen LogP contribution in [0.3, 0.4) is 0 Å². The maximum absolute atomic E-state index is 14.0. The molecule has 2 atom stereocenters. The molecule has 0 saturated carbocycles. The number of hydrogen-bond acceptors (Lipinski definition) is 4. The fourth-order valence-electron chi connectivity index (χ4n) is 3.75. The van der Waals surface area contributed by atoms with Gasteiger partial charge in [-0.05, 0) is 42.1 Å². The van der Waals surface area contributed by atoms with Gasteiger partial charge in [-0.3, -0.25) is 5.73 Å². The molecular formula is C17H15ClF4N4. The molecule has 0 bridgehead atoms. The van der Waals surface area contributed by atoms with Crippen molar-refractivity contribution in [2.45, 2.75) is 31.0 Å². The van der Waals surface area contributed by atoms with E-state index in [4.69, 9.17) is 17.3 Å². The van der Waals surface area contributed by atoms with E-state index < -0.39 is 29.2 Å². The van der Waals surface area contributed by atoms with E-state index in [1.807, 2.05) is 0 Å². The summed E-state index contributed by atoms with van der Waals surface area (Å²) in [6, 6.07) is 1.94. The van der Waals surface area contributed by atoms with Crippen molar-refractivity contribution in [2.24, 2.45) is 5.73 Å². The second-order valence-electron chi connectivity index (χ2n) is 6.78. The van der Waals surface area contributed by atoms with Crippen LogP contribution in [0.25, 0.3) is 0 Å². The first-order valence-corrected chi connectivity index (χ1v) is 8.56. The minimum atomic E-state index is -1.80. The summed E-state index contributed by atoms with van der Waals surface area (Å²) < 4.78 is 54.5. The molecule has 2 aromatic rings. The number of benzene rings is 1. The minimum absolute atomic E-state index is 0.0166. The lowest BCUT2D eigenvalue weighted by Gasteiger charge is -2.21. The van der Waals surface area contributed by atoms with Crippen LogP contribution in [0.4, 0.5) is 23.4 Å². The van der Waals surface area contributed by atoms with Crippen LogP contribution in [0.15, 0.2) is 12.1 Å². The van der Waals surface area contributed by atoms with Crippen molar-refractivity contribution in [3.63, 3.8) is 0 Å². The van der Waals surface area contributed by atoms with Gasteiger partial charge in [-0.25, -0.2) is 27.5 Å². The highest BCUT2D eigenvalue weighted by molar-refractivity contribution is 6.28. The molecule has 2 heterocycles. The number of aromatic nitrogens is 2. The molecule has 2 N–H and O–H groups in total. The summed E-state index contributed by atoms with van der Waals surface area (Å²) in [5.74, 6) is -5.75. The lowest BCUT2D eigenvalue weighted by molar-refractivity contribution is 0.203. The molecule has 0 radical (unpaired) electrons. The summed E-state index contributed by atoms with van der Waals surface area (Å²) in [4.78, 5) is 10.2. The summed E-state index contributed by atoms with van der Waals surface area (Å²) in [6.07, 6.45) is 1.22. The van der Waals surface area contributed by atoms with Crippen LogP contribution in [0.5, 0.6) is 0 Å². The Morgan fingerprint density at radius 1 is 1.19 bits per heavy atom. The predicted molar refractivity (Wildman–Crippen MR) is 88.4 cm³/mol. The molecule has 4 rings (SSSR count). The number of rotatable bonds is 2. The van der Waals surface area contributed by atoms with Crippen LogP contribution in [-0.2, 0) is 6.42 Å². The normalized spacial score (nSPS) is 25.0. The van der Waals surface area contributed by atoms with Gasteiger partial charge in [0.25, 0.3) is 0 Å². The van der Waals surface area contributed by atoms with E-state index >= 15 is 0 Å². The van der Waals surface area contributed by atoms with Crippen molar-refractivity contribution < 1.29 is 17.6 Å². The Balaban J connectivity index is 1.76. The lowest BCUT2D eigenvalue weighted by atomic mass is 9.96. The first-order chi connectivity index (χ1) is 12.2. The predicted octanol–water partition coefficient (Wildman–Crippen LogP) is 3.46. The largest absolute Gasteiger partial charge is 0.351 e. The summed E-state index contributed by atoms with van der Waals surface area (Å²) in [7, 11) is 0.